The molecule has 2 heteroatoms. The van der Waals surface area contributed by atoms with Gasteiger partial charge in [0.05, 0.1) is 0 Å². The standard InChI is InChI=1S/C11H22N2/c1-2-13(9-11(12)7-8-11)10-5-3-4-6-10/h10H,2-9,12H2,1H3. The number of hydrogen-bond donors (Lipinski definition) is 1. The van der Waals surface area contributed by atoms with Gasteiger partial charge in [-0.1, -0.05) is 19.8 Å². The average molecular weight is 182 g/mol. The van der Waals surface area contributed by atoms with Crippen LogP contribution in [0.2, 0.25) is 0 Å². The topological polar surface area (TPSA) is 29.3 Å². The Morgan fingerprint density at radius 1 is 1.31 bits per heavy atom. The van der Waals surface area contributed by atoms with Crippen LogP contribution in [0.4, 0.5) is 0 Å². The van der Waals surface area contributed by atoms with Gasteiger partial charge in [0.25, 0.3) is 0 Å². The maximum atomic E-state index is 6.15. The molecule has 13 heavy (non-hydrogen) atoms. The first-order chi connectivity index (χ1) is 6.23. The van der Waals surface area contributed by atoms with Gasteiger partial charge in [-0.3, -0.25) is 4.90 Å². The van der Waals surface area contributed by atoms with Gasteiger partial charge >= 0.3 is 0 Å². The van der Waals surface area contributed by atoms with Crippen LogP contribution in [0.1, 0.15) is 45.4 Å². The second-order valence-electron chi connectivity index (χ2n) is 4.86. The van der Waals surface area contributed by atoms with Gasteiger partial charge in [-0.25, -0.2) is 0 Å². The van der Waals surface area contributed by atoms with Crippen molar-refractivity contribution in [3.05, 3.63) is 0 Å². The van der Waals surface area contributed by atoms with E-state index in [1.807, 2.05) is 0 Å². The zero-order valence-corrected chi connectivity index (χ0v) is 8.76. The van der Waals surface area contributed by atoms with Gasteiger partial charge in [-0.05, 0) is 32.2 Å². The lowest BCUT2D eigenvalue weighted by atomic mass is 10.1. The summed E-state index contributed by atoms with van der Waals surface area (Å²) in [5, 5.41) is 0. The first kappa shape index (κ1) is 9.47. The Balaban J connectivity index is 1.84. The first-order valence-corrected chi connectivity index (χ1v) is 5.76. The quantitative estimate of drug-likeness (QED) is 0.717. The monoisotopic (exact) mass is 182 g/mol. The molecule has 0 saturated heterocycles. The second-order valence-corrected chi connectivity index (χ2v) is 4.86. The Morgan fingerprint density at radius 3 is 2.38 bits per heavy atom. The van der Waals surface area contributed by atoms with Crippen molar-refractivity contribution < 1.29 is 0 Å². The smallest absolute Gasteiger partial charge is 0.0284 e. The molecule has 0 aliphatic heterocycles. The minimum atomic E-state index is 0.207. The molecule has 0 spiro atoms. The van der Waals surface area contributed by atoms with E-state index in [1.54, 1.807) is 0 Å². The number of nitrogens with zero attached hydrogens (tertiary/aromatic N) is 1. The lowest BCUT2D eigenvalue weighted by Gasteiger charge is -2.29. The fourth-order valence-electron chi connectivity index (χ4n) is 2.49. The molecular formula is C11H22N2. The molecule has 0 radical (unpaired) electrons. The second kappa shape index (κ2) is 3.58. The summed E-state index contributed by atoms with van der Waals surface area (Å²) in [6.45, 7) is 4.60. The molecule has 0 bridgehead atoms. The molecule has 2 aliphatic carbocycles. The molecule has 76 valence electrons. The van der Waals surface area contributed by atoms with E-state index < -0.39 is 0 Å². The van der Waals surface area contributed by atoms with Crippen molar-refractivity contribution in [2.75, 3.05) is 13.1 Å². The van der Waals surface area contributed by atoms with Crippen LogP contribution in [-0.4, -0.2) is 29.6 Å². The highest BCUT2D eigenvalue weighted by atomic mass is 15.2. The number of nitrogens with two attached hydrogens (primary N) is 1. The molecule has 2 nitrogen and oxygen atoms in total. The zero-order chi connectivity index (χ0) is 9.31. The van der Waals surface area contributed by atoms with Crippen molar-refractivity contribution in [3.8, 4) is 0 Å². The predicted octanol–water partition coefficient (Wildman–Crippen LogP) is 1.74. The number of likely N-dealkylation sites (N-methyl/N-ethyl adjacent to an activating group) is 1. The molecule has 0 amide bonds. The third-order valence-electron chi connectivity index (χ3n) is 3.66. The van der Waals surface area contributed by atoms with Gasteiger partial charge < -0.3 is 5.73 Å². The number of hydrogen-bond acceptors (Lipinski definition) is 2. The van der Waals surface area contributed by atoms with E-state index in [4.69, 9.17) is 5.73 Å². The van der Waals surface area contributed by atoms with E-state index in [9.17, 15) is 0 Å². The fraction of sp³-hybridized carbons (Fsp3) is 1.00. The fourth-order valence-corrected chi connectivity index (χ4v) is 2.49. The molecular weight excluding hydrogens is 160 g/mol. The summed E-state index contributed by atoms with van der Waals surface area (Å²) in [5.74, 6) is 0. The van der Waals surface area contributed by atoms with E-state index in [0.29, 0.717) is 0 Å². The maximum absolute atomic E-state index is 6.15. The first-order valence-electron chi connectivity index (χ1n) is 5.76. The van der Waals surface area contributed by atoms with E-state index >= 15 is 0 Å². The third-order valence-corrected chi connectivity index (χ3v) is 3.66. The molecule has 0 unspecified atom stereocenters. The maximum Gasteiger partial charge on any atom is 0.0284 e. The van der Waals surface area contributed by atoms with Crippen LogP contribution in [-0.2, 0) is 0 Å². The lowest BCUT2D eigenvalue weighted by molar-refractivity contribution is 0.191. The zero-order valence-electron chi connectivity index (χ0n) is 8.76. The molecule has 2 saturated carbocycles. The predicted molar refractivity (Wildman–Crippen MR) is 55.7 cm³/mol. The van der Waals surface area contributed by atoms with Crippen molar-refractivity contribution in [2.24, 2.45) is 5.73 Å². The van der Waals surface area contributed by atoms with Crippen LogP contribution in [0.25, 0.3) is 0 Å². The molecule has 0 heterocycles. The van der Waals surface area contributed by atoms with Crippen LogP contribution in [0.5, 0.6) is 0 Å². The highest BCUT2D eigenvalue weighted by Gasteiger charge is 2.40. The SMILES string of the molecule is CCN(CC1(N)CC1)C1CCCC1. The van der Waals surface area contributed by atoms with Crippen molar-refractivity contribution in [2.45, 2.75) is 57.0 Å². The van der Waals surface area contributed by atoms with E-state index in [-0.39, 0.29) is 5.54 Å². The Labute approximate surface area is 81.5 Å². The van der Waals surface area contributed by atoms with Gasteiger partial charge in [0.1, 0.15) is 0 Å². The minimum absolute atomic E-state index is 0.207. The summed E-state index contributed by atoms with van der Waals surface area (Å²) in [4.78, 5) is 2.61. The van der Waals surface area contributed by atoms with Crippen molar-refractivity contribution in [1.82, 2.24) is 4.90 Å². The van der Waals surface area contributed by atoms with Gasteiger partial charge in [-0.2, -0.15) is 0 Å². The summed E-state index contributed by atoms with van der Waals surface area (Å²) in [5.41, 5.74) is 6.36. The summed E-state index contributed by atoms with van der Waals surface area (Å²) in [6.07, 6.45) is 8.16. The van der Waals surface area contributed by atoms with Gasteiger partial charge in [0, 0.05) is 18.1 Å². The molecule has 0 aromatic carbocycles. The molecule has 2 rings (SSSR count). The third kappa shape index (κ3) is 2.23. The van der Waals surface area contributed by atoms with E-state index in [2.05, 4.69) is 11.8 Å². The summed E-state index contributed by atoms with van der Waals surface area (Å²) >= 11 is 0. The summed E-state index contributed by atoms with van der Waals surface area (Å²) in [6, 6.07) is 0.853. The van der Waals surface area contributed by atoms with Crippen LogP contribution >= 0.6 is 0 Å². The molecule has 2 aliphatic rings. The molecule has 2 fully saturated rings. The van der Waals surface area contributed by atoms with Crippen molar-refractivity contribution >= 4 is 0 Å². The minimum Gasteiger partial charge on any atom is -0.324 e. The Hall–Kier alpha value is -0.0800. The highest BCUT2D eigenvalue weighted by Crippen LogP contribution is 2.35. The Morgan fingerprint density at radius 2 is 1.92 bits per heavy atom. The molecule has 0 aromatic heterocycles. The van der Waals surface area contributed by atoms with E-state index in [1.165, 1.54) is 45.1 Å². The van der Waals surface area contributed by atoms with Crippen LogP contribution in [0.3, 0.4) is 0 Å². The largest absolute Gasteiger partial charge is 0.324 e. The van der Waals surface area contributed by atoms with E-state index in [0.717, 1.165) is 12.6 Å². The number of rotatable bonds is 4. The van der Waals surface area contributed by atoms with Crippen LogP contribution in [0.15, 0.2) is 0 Å². The molecule has 0 aromatic rings. The van der Waals surface area contributed by atoms with Gasteiger partial charge in [0.2, 0.25) is 0 Å². The normalized spacial score (nSPS) is 27.0. The Bertz CT molecular complexity index is 169. The van der Waals surface area contributed by atoms with Gasteiger partial charge in [0.15, 0.2) is 0 Å². The highest BCUT2D eigenvalue weighted by molar-refractivity contribution is 5.01. The Kier molecular flexibility index (Phi) is 2.61. The molecule has 2 N–H and O–H groups in total. The van der Waals surface area contributed by atoms with Crippen molar-refractivity contribution in [3.63, 3.8) is 0 Å². The summed E-state index contributed by atoms with van der Waals surface area (Å²) in [7, 11) is 0. The van der Waals surface area contributed by atoms with Crippen molar-refractivity contribution in [1.29, 1.82) is 0 Å². The molecule has 0 atom stereocenters. The average Bonchev–Trinajstić information content (AvgIpc) is 2.69. The van der Waals surface area contributed by atoms with Crippen LogP contribution < -0.4 is 5.73 Å². The van der Waals surface area contributed by atoms with Crippen LogP contribution in [0, 0.1) is 0 Å². The van der Waals surface area contributed by atoms with Gasteiger partial charge in [-0.15, -0.1) is 0 Å². The summed E-state index contributed by atoms with van der Waals surface area (Å²) < 4.78 is 0. The lowest BCUT2D eigenvalue weighted by Crippen LogP contribution is -2.43.